The summed E-state index contributed by atoms with van der Waals surface area (Å²) in [5.74, 6) is -0.252. The van der Waals surface area contributed by atoms with Gasteiger partial charge in [-0.15, -0.1) is 0 Å². The number of anilines is 1. The Hall–Kier alpha value is -5.10. The highest BCUT2D eigenvalue weighted by Gasteiger charge is 2.57. The molecular weight excluding hydrogens is 654 g/mol. The number of esters is 1. The van der Waals surface area contributed by atoms with Gasteiger partial charge in [-0.05, 0) is 61.2 Å². The minimum atomic E-state index is -0.870. The first-order valence-corrected chi connectivity index (χ1v) is 17.4. The number of fused-ring (bicyclic) bond motifs is 3. The topological polar surface area (TPSA) is 144 Å². The summed E-state index contributed by atoms with van der Waals surface area (Å²) in [5, 5.41) is 12.5. The summed E-state index contributed by atoms with van der Waals surface area (Å²) in [6.07, 6.45) is 0.601. The molecule has 12 heteroatoms. The summed E-state index contributed by atoms with van der Waals surface area (Å²) < 4.78 is 22.2. The zero-order valence-corrected chi connectivity index (χ0v) is 29.8. The highest BCUT2D eigenvalue weighted by molar-refractivity contribution is 6.05. The van der Waals surface area contributed by atoms with Crippen LogP contribution in [0.5, 0.6) is 17.2 Å². The molecule has 2 aliphatic heterocycles. The molecule has 1 unspecified atom stereocenters. The molecule has 2 aliphatic rings. The van der Waals surface area contributed by atoms with Crippen molar-refractivity contribution in [2.45, 2.75) is 70.6 Å². The van der Waals surface area contributed by atoms with E-state index in [0.29, 0.717) is 41.3 Å². The fraction of sp³-hybridized carbons (Fsp3) is 0.436. The largest absolute Gasteiger partial charge is 0.493 e. The van der Waals surface area contributed by atoms with Crippen LogP contribution in [0.25, 0.3) is 0 Å². The Labute approximate surface area is 298 Å². The molecule has 0 radical (unpaired) electrons. The van der Waals surface area contributed by atoms with E-state index in [0.717, 1.165) is 5.56 Å². The van der Waals surface area contributed by atoms with Gasteiger partial charge in [-0.1, -0.05) is 44.2 Å². The maximum absolute atomic E-state index is 14.8. The second kappa shape index (κ2) is 16.7. The van der Waals surface area contributed by atoms with Gasteiger partial charge in [0.1, 0.15) is 11.8 Å². The molecule has 0 bridgehead atoms. The van der Waals surface area contributed by atoms with Gasteiger partial charge < -0.3 is 39.2 Å². The molecule has 3 aromatic carbocycles. The summed E-state index contributed by atoms with van der Waals surface area (Å²) in [4.78, 5) is 59.9. The Kier molecular flexibility index (Phi) is 12.2. The van der Waals surface area contributed by atoms with Crippen molar-refractivity contribution in [3.8, 4) is 17.2 Å². The van der Waals surface area contributed by atoms with Gasteiger partial charge in [0.15, 0.2) is 11.5 Å². The smallest absolute Gasteiger partial charge is 0.307 e. The van der Waals surface area contributed by atoms with Crippen LogP contribution in [-0.2, 0) is 25.5 Å². The summed E-state index contributed by atoms with van der Waals surface area (Å²) in [6.45, 7) is 6.04. The van der Waals surface area contributed by atoms with Gasteiger partial charge in [-0.3, -0.25) is 19.2 Å². The number of hydrogen-bond donors (Lipinski definition) is 2. The van der Waals surface area contributed by atoms with Crippen LogP contribution < -0.4 is 24.4 Å². The monoisotopic (exact) mass is 701 g/mol. The van der Waals surface area contributed by atoms with Crippen LogP contribution in [0.4, 0.5) is 5.69 Å². The van der Waals surface area contributed by atoms with Gasteiger partial charge >= 0.3 is 5.97 Å². The number of nitrogens with one attached hydrogen (secondary N) is 1. The fourth-order valence-corrected chi connectivity index (χ4v) is 7.03. The Balaban J connectivity index is 1.65. The van der Waals surface area contributed by atoms with Crippen molar-refractivity contribution in [1.82, 2.24) is 10.2 Å². The molecule has 2 heterocycles. The van der Waals surface area contributed by atoms with Crippen LogP contribution >= 0.6 is 0 Å². The van der Waals surface area contributed by atoms with Crippen LogP contribution in [-0.4, -0.2) is 85.9 Å². The predicted octanol–water partition coefficient (Wildman–Crippen LogP) is 4.47. The Morgan fingerprint density at radius 3 is 2.37 bits per heavy atom. The van der Waals surface area contributed by atoms with Crippen molar-refractivity contribution in [1.29, 1.82) is 0 Å². The molecule has 0 spiro atoms. The van der Waals surface area contributed by atoms with E-state index in [1.165, 1.54) is 14.2 Å². The first kappa shape index (κ1) is 37.2. The summed E-state index contributed by atoms with van der Waals surface area (Å²) in [7, 11) is 2.98. The third-order valence-corrected chi connectivity index (χ3v) is 9.21. The number of aliphatic hydroxyl groups is 1. The van der Waals surface area contributed by atoms with Crippen molar-refractivity contribution in [3.05, 3.63) is 83.4 Å². The van der Waals surface area contributed by atoms with Crippen molar-refractivity contribution < 1.29 is 43.2 Å². The molecule has 0 aliphatic carbocycles. The summed E-state index contributed by atoms with van der Waals surface area (Å²) in [5.41, 5.74) is 2.20. The highest BCUT2D eigenvalue weighted by Crippen LogP contribution is 2.48. The number of aliphatic hydroxyl groups excluding tert-OH is 1. The number of carbonyl (C=O) groups is 4. The Morgan fingerprint density at radius 2 is 1.71 bits per heavy atom. The lowest BCUT2D eigenvalue weighted by Crippen LogP contribution is -2.69. The fourth-order valence-electron chi connectivity index (χ4n) is 7.03. The first-order chi connectivity index (χ1) is 24.6. The number of amides is 3. The number of nitrogens with zero attached hydrogens (tertiary/aromatic N) is 2. The quantitative estimate of drug-likeness (QED) is 0.173. The summed E-state index contributed by atoms with van der Waals surface area (Å²) >= 11 is 0. The van der Waals surface area contributed by atoms with Crippen molar-refractivity contribution in [3.63, 3.8) is 0 Å². The van der Waals surface area contributed by atoms with E-state index in [9.17, 15) is 24.3 Å². The molecule has 12 nitrogen and oxygen atoms in total. The molecule has 3 aromatic rings. The van der Waals surface area contributed by atoms with Crippen molar-refractivity contribution in [2.24, 2.45) is 5.92 Å². The van der Waals surface area contributed by atoms with Crippen LogP contribution in [0.3, 0.4) is 0 Å². The lowest BCUT2D eigenvalue weighted by molar-refractivity contribution is -0.153. The van der Waals surface area contributed by atoms with Crippen LogP contribution in [0.15, 0.2) is 66.7 Å². The number of carbonyl (C=O) groups excluding carboxylic acids is 4. The van der Waals surface area contributed by atoms with Crippen molar-refractivity contribution in [2.75, 3.05) is 38.9 Å². The Bertz CT molecular complexity index is 1710. The molecule has 5 rings (SSSR count). The lowest BCUT2D eigenvalue weighted by Gasteiger charge is -2.50. The lowest BCUT2D eigenvalue weighted by atomic mass is 9.87. The minimum Gasteiger partial charge on any atom is -0.493 e. The Morgan fingerprint density at radius 1 is 0.961 bits per heavy atom. The van der Waals surface area contributed by atoms with E-state index in [2.05, 4.69) is 5.32 Å². The van der Waals surface area contributed by atoms with Crippen molar-refractivity contribution >= 4 is 29.4 Å². The van der Waals surface area contributed by atoms with Crippen LogP contribution in [0.2, 0.25) is 0 Å². The normalized spacial score (nSPS) is 19.3. The van der Waals surface area contributed by atoms with Gasteiger partial charge in [0.25, 0.3) is 5.91 Å². The van der Waals surface area contributed by atoms with Gasteiger partial charge in [-0.25, -0.2) is 0 Å². The minimum absolute atomic E-state index is 0.0211. The molecule has 0 aromatic heterocycles. The molecular formula is C39H47N3O9. The molecule has 272 valence electrons. The molecule has 4 atom stereocenters. The molecule has 1 saturated heterocycles. The molecule has 51 heavy (non-hydrogen) atoms. The SMILES string of the molecule is CCOC(=O)CC1[C@@H]2[C@@H](NC(=O)c3ccc(OC)c(OC)c3)c3cc(OCCCO)ccc3N2C(=O)[C@H](CC(C)C)N1C(=O)Cc1ccccc1. The van der Waals surface area contributed by atoms with E-state index in [-0.39, 0.29) is 56.0 Å². The second-order valence-corrected chi connectivity index (χ2v) is 13.1. The number of rotatable bonds is 15. The highest BCUT2D eigenvalue weighted by atomic mass is 16.5. The zero-order chi connectivity index (χ0) is 36.7. The number of benzene rings is 3. The average Bonchev–Trinajstić information content (AvgIpc) is 3.43. The van der Waals surface area contributed by atoms with Gasteiger partial charge in [0.05, 0.1) is 58.4 Å². The van der Waals surface area contributed by atoms with E-state index < -0.39 is 36.0 Å². The maximum atomic E-state index is 14.8. The first-order valence-electron chi connectivity index (χ1n) is 17.4. The number of piperazine rings is 1. The third-order valence-electron chi connectivity index (χ3n) is 9.21. The predicted molar refractivity (Wildman–Crippen MR) is 190 cm³/mol. The molecule has 3 amide bonds. The molecule has 1 fully saturated rings. The van der Waals surface area contributed by atoms with Gasteiger partial charge in [0, 0.05) is 29.8 Å². The van der Waals surface area contributed by atoms with E-state index in [1.807, 2.05) is 44.2 Å². The summed E-state index contributed by atoms with van der Waals surface area (Å²) in [6, 6.07) is 15.9. The standard InChI is InChI=1S/C39H47N3O9/c1-6-50-35(45)23-30-37-36(40-38(46)26-13-16-32(48-4)33(21-26)49-5)28-22-27(51-18-10-17-43)14-15-29(28)42(37)39(47)31(19-24(2)3)41(30)34(44)20-25-11-8-7-9-12-25/h7-9,11-16,21-22,24,30-31,36-37,43H,6,10,17-20,23H2,1-5H3,(H,40,46)/t30?,31-,36-,37+/m0/s1. The average molecular weight is 702 g/mol. The second-order valence-electron chi connectivity index (χ2n) is 13.1. The van der Waals surface area contributed by atoms with Crippen LogP contribution in [0, 0.1) is 5.92 Å². The third kappa shape index (κ3) is 8.12. The molecule has 0 saturated carbocycles. The van der Waals surface area contributed by atoms with E-state index in [1.54, 1.807) is 53.1 Å². The van der Waals surface area contributed by atoms with E-state index in [4.69, 9.17) is 18.9 Å². The maximum Gasteiger partial charge on any atom is 0.307 e. The zero-order valence-electron chi connectivity index (χ0n) is 29.8. The number of hydrogen-bond acceptors (Lipinski definition) is 9. The number of ether oxygens (including phenoxy) is 4. The van der Waals surface area contributed by atoms with Gasteiger partial charge in [-0.2, -0.15) is 0 Å². The number of methoxy groups -OCH3 is 2. The van der Waals surface area contributed by atoms with E-state index >= 15 is 0 Å². The molecule has 2 N–H and O–H groups in total. The van der Waals surface area contributed by atoms with Gasteiger partial charge in [0.2, 0.25) is 11.8 Å². The van der Waals surface area contributed by atoms with Crippen LogP contribution in [0.1, 0.15) is 67.6 Å².